The molecule has 0 radical (unpaired) electrons. The van der Waals surface area contributed by atoms with Gasteiger partial charge in [0.05, 0.1) is 24.1 Å². The van der Waals surface area contributed by atoms with Gasteiger partial charge in [0.25, 0.3) is 5.91 Å². The summed E-state index contributed by atoms with van der Waals surface area (Å²) in [4.78, 5) is 17.0. The van der Waals surface area contributed by atoms with Crippen molar-refractivity contribution in [2.75, 3.05) is 13.2 Å². The Morgan fingerprint density at radius 3 is 2.56 bits per heavy atom. The second kappa shape index (κ2) is 10.0. The van der Waals surface area contributed by atoms with E-state index in [0.29, 0.717) is 25.4 Å². The summed E-state index contributed by atoms with van der Waals surface area (Å²) < 4.78 is 13.6. The quantitative estimate of drug-likeness (QED) is 0.428. The molecular weight excluding hydrogens is 402 g/mol. The Bertz CT molecular complexity index is 1200. The molecule has 0 saturated carbocycles. The molecule has 0 spiro atoms. The lowest BCUT2D eigenvalue weighted by molar-refractivity contribution is -0.123. The van der Waals surface area contributed by atoms with Crippen molar-refractivity contribution in [3.63, 3.8) is 0 Å². The van der Waals surface area contributed by atoms with Gasteiger partial charge in [0.2, 0.25) is 0 Å². The van der Waals surface area contributed by atoms with E-state index in [-0.39, 0.29) is 12.5 Å². The number of rotatable bonds is 9. The number of hydrogen-bond donors (Lipinski definition) is 1. The van der Waals surface area contributed by atoms with Crippen LogP contribution in [0.4, 0.5) is 0 Å². The van der Waals surface area contributed by atoms with E-state index in [2.05, 4.69) is 22.9 Å². The third-order valence-corrected chi connectivity index (χ3v) is 5.19. The number of carbonyl (C=O) groups excluding carboxylic acids is 1. The summed E-state index contributed by atoms with van der Waals surface area (Å²) >= 11 is 0. The van der Waals surface area contributed by atoms with Crippen molar-refractivity contribution < 1.29 is 14.3 Å². The van der Waals surface area contributed by atoms with Crippen LogP contribution in [-0.4, -0.2) is 28.7 Å². The molecule has 0 atom stereocenters. The highest BCUT2D eigenvalue weighted by molar-refractivity contribution is 5.78. The summed E-state index contributed by atoms with van der Waals surface area (Å²) in [5, 5.41) is 2.91. The second-order valence-electron chi connectivity index (χ2n) is 7.66. The fourth-order valence-corrected chi connectivity index (χ4v) is 3.61. The maximum Gasteiger partial charge on any atom is 0.258 e. The smallest absolute Gasteiger partial charge is 0.258 e. The molecule has 1 aromatic heterocycles. The molecule has 0 unspecified atom stereocenters. The van der Waals surface area contributed by atoms with Crippen molar-refractivity contribution in [2.24, 2.45) is 0 Å². The van der Waals surface area contributed by atoms with Gasteiger partial charge in [-0.3, -0.25) is 4.79 Å². The van der Waals surface area contributed by atoms with Crippen LogP contribution in [0.3, 0.4) is 0 Å². The number of carbonyl (C=O) groups is 1. The Morgan fingerprint density at radius 1 is 0.969 bits per heavy atom. The highest BCUT2D eigenvalue weighted by Gasteiger charge is 2.12. The topological polar surface area (TPSA) is 65.4 Å². The van der Waals surface area contributed by atoms with Gasteiger partial charge >= 0.3 is 0 Å². The standard InChI is InChI=1S/C26H27N3O3/c1-19-12-13-24(20(2)16-19)31-15-14-29-23-11-7-6-10-22(23)28-25(29)17-27-26(30)18-32-21-8-4-3-5-9-21/h3-13,16H,14-15,17-18H2,1-2H3,(H,27,30). The first-order valence-electron chi connectivity index (χ1n) is 10.7. The van der Waals surface area contributed by atoms with E-state index in [1.807, 2.05) is 73.7 Å². The number of imidazole rings is 1. The van der Waals surface area contributed by atoms with Crippen molar-refractivity contribution >= 4 is 16.9 Å². The molecule has 0 aliphatic carbocycles. The first kappa shape index (κ1) is 21.4. The number of para-hydroxylation sites is 3. The van der Waals surface area contributed by atoms with Crippen LogP contribution < -0.4 is 14.8 Å². The summed E-state index contributed by atoms with van der Waals surface area (Å²) in [6.45, 7) is 5.52. The molecule has 1 amide bonds. The molecule has 6 heteroatoms. The number of nitrogens with zero attached hydrogens (tertiary/aromatic N) is 2. The van der Waals surface area contributed by atoms with Gasteiger partial charge in [0, 0.05) is 0 Å². The van der Waals surface area contributed by atoms with Crippen LogP contribution in [0.15, 0.2) is 72.8 Å². The number of fused-ring (bicyclic) bond motifs is 1. The van der Waals surface area contributed by atoms with E-state index in [1.54, 1.807) is 0 Å². The molecule has 3 aromatic carbocycles. The number of aromatic nitrogens is 2. The maximum atomic E-state index is 12.3. The zero-order chi connectivity index (χ0) is 22.3. The molecule has 4 aromatic rings. The van der Waals surface area contributed by atoms with E-state index >= 15 is 0 Å². The molecule has 6 nitrogen and oxygen atoms in total. The molecule has 1 N–H and O–H groups in total. The lowest BCUT2D eigenvalue weighted by atomic mass is 10.1. The number of amides is 1. The zero-order valence-corrected chi connectivity index (χ0v) is 18.4. The fraction of sp³-hybridized carbons (Fsp3) is 0.231. The van der Waals surface area contributed by atoms with Crippen molar-refractivity contribution in [3.8, 4) is 11.5 Å². The largest absolute Gasteiger partial charge is 0.491 e. The summed E-state index contributed by atoms with van der Waals surface area (Å²) in [5.74, 6) is 2.13. The Labute approximate surface area is 187 Å². The van der Waals surface area contributed by atoms with Gasteiger partial charge in [-0.1, -0.05) is 48.0 Å². The molecule has 164 valence electrons. The van der Waals surface area contributed by atoms with Gasteiger partial charge < -0.3 is 19.4 Å². The highest BCUT2D eigenvalue weighted by Crippen LogP contribution is 2.20. The lowest BCUT2D eigenvalue weighted by Gasteiger charge is -2.13. The molecule has 0 bridgehead atoms. The van der Waals surface area contributed by atoms with Crippen molar-refractivity contribution in [1.82, 2.24) is 14.9 Å². The Morgan fingerprint density at radius 2 is 1.75 bits per heavy atom. The zero-order valence-electron chi connectivity index (χ0n) is 18.4. The first-order valence-corrected chi connectivity index (χ1v) is 10.7. The van der Waals surface area contributed by atoms with Crippen LogP contribution in [0.2, 0.25) is 0 Å². The van der Waals surface area contributed by atoms with E-state index in [9.17, 15) is 4.79 Å². The van der Waals surface area contributed by atoms with Gasteiger partial charge in [-0.2, -0.15) is 0 Å². The van der Waals surface area contributed by atoms with E-state index in [4.69, 9.17) is 14.5 Å². The number of ether oxygens (including phenoxy) is 2. The van der Waals surface area contributed by atoms with Crippen molar-refractivity contribution in [1.29, 1.82) is 0 Å². The number of aryl methyl sites for hydroxylation is 2. The second-order valence-corrected chi connectivity index (χ2v) is 7.66. The number of benzene rings is 3. The molecule has 0 aliphatic heterocycles. The molecule has 4 rings (SSSR count). The van der Waals surface area contributed by atoms with Crippen LogP contribution in [-0.2, 0) is 17.9 Å². The predicted molar refractivity (Wildman–Crippen MR) is 125 cm³/mol. The van der Waals surface area contributed by atoms with Crippen LogP contribution >= 0.6 is 0 Å². The van der Waals surface area contributed by atoms with Gasteiger partial charge in [-0.25, -0.2) is 4.98 Å². The molecular formula is C26H27N3O3. The summed E-state index contributed by atoms with van der Waals surface area (Å²) in [7, 11) is 0. The predicted octanol–water partition coefficient (Wildman–Crippen LogP) is 4.43. The summed E-state index contributed by atoms with van der Waals surface area (Å²) in [6.07, 6.45) is 0. The van der Waals surface area contributed by atoms with Gasteiger partial charge in [0.15, 0.2) is 6.61 Å². The Balaban J connectivity index is 1.40. The van der Waals surface area contributed by atoms with Crippen LogP contribution in [0, 0.1) is 13.8 Å². The summed E-state index contributed by atoms with van der Waals surface area (Å²) in [5.41, 5.74) is 4.24. The van der Waals surface area contributed by atoms with Crippen LogP contribution in [0.25, 0.3) is 11.0 Å². The number of hydrogen-bond acceptors (Lipinski definition) is 4. The minimum Gasteiger partial charge on any atom is -0.491 e. The SMILES string of the molecule is Cc1ccc(OCCn2c(CNC(=O)COc3ccccc3)nc3ccccc32)c(C)c1. The van der Waals surface area contributed by atoms with Crippen molar-refractivity contribution in [2.45, 2.75) is 26.9 Å². The van der Waals surface area contributed by atoms with Gasteiger partial charge in [-0.15, -0.1) is 0 Å². The summed E-state index contributed by atoms with van der Waals surface area (Å²) in [6, 6.07) is 23.4. The fourth-order valence-electron chi connectivity index (χ4n) is 3.61. The van der Waals surface area contributed by atoms with E-state index in [1.165, 1.54) is 5.56 Å². The Kier molecular flexibility index (Phi) is 6.70. The number of nitrogens with one attached hydrogen (secondary N) is 1. The first-order chi connectivity index (χ1) is 15.6. The average molecular weight is 430 g/mol. The Hall–Kier alpha value is -3.80. The molecule has 1 heterocycles. The third kappa shape index (κ3) is 5.27. The van der Waals surface area contributed by atoms with Crippen LogP contribution in [0.5, 0.6) is 11.5 Å². The van der Waals surface area contributed by atoms with Gasteiger partial charge in [-0.05, 0) is 49.7 Å². The van der Waals surface area contributed by atoms with Gasteiger partial charge in [0.1, 0.15) is 23.9 Å². The molecule has 32 heavy (non-hydrogen) atoms. The van der Waals surface area contributed by atoms with E-state index < -0.39 is 0 Å². The van der Waals surface area contributed by atoms with Crippen LogP contribution in [0.1, 0.15) is 17.0 Å². The minimum absolute atomic E-state index is 0.0416. The normalized spacial score (nSPS) is 10.8. The highest BCUT2D eigenvalue weighted by atomic mass is 16.5. The maximum absolute atomic E-state index is 12.3. The monoisotopic (exact) mass is 429 g/mol. The lowest BCUT2D eigenvalue weighted by Crippen LogP contribution is -2.29. The third-order valence-electron chi connectivity index (χ3n) is 5.19. The molecule has 0 aliphatic rings. The molecule has 0 fully saturated rings. The van der Waals surface area contributed by atoms with Crippen molar-refractivity contribution in [3.05, 3.63) is 89.7 Å². The molecule has 0 saturated heterocycles. The minimum atomic E-state index is -0.195. The average Bonchev–Trinajstić information content (AvgIpc) is 3.16. The van der Waals surface area contributed by atoms with E-state index in [0.717, 1.165) is 28.2 Å².